The molecule has 0 aliphatic carbocycles. The Kier molecular flexibility index (Phi) is 49.6. The summed E-state index contributed by atoms with van der Waals surface area (Å²) in [5, 5.41) is 87.3. The molecule has 2 aliphatic rings. The molecule has 2 saturated heterocycles. The number of carbonyl (C=O) groups excluding carboxylic acids is 1. The number of aliphatic hydroxyl groups is 8. The fourth-order valence-corrected chi connectivity index (χ4v) is 10.5. The Hall–Kier alpha value is -3.09. The molecule has 14 heteroatoms. The fraction of sp³-hybridized carbons (Fsp3) is 0.757. The van der Waals surface area contributed by atoms with Crippen LogP contribution in [0.2, 0.25) is 0 Å². The van der Waals surface area contributed by atoms with E-state index in [0.717, 1.165) is 109 Å². The summed E-state index contributed by atoms with van der Waals surface area (Å²) in [6, 6.07) is -0.834. The van der Waals surface area contributed by atoms with Crippen molar-refractivity contribution < 1.29 is 64.6 Å². The third kappa shape index (κ3) is 38.2. The Bertz CT molecular complexity index is 1780. The average Bonchev–Trinajstić information content (AvgIpc) is 2.58. The number of hydrogen-bond acceptors (Lipinski definition) is 13. The zero-order chi connectivity index (χ0) is 60.9. The largest absolute Gasteiger partial charge is 0.394 e. The molecule has 0 bridgehead atoms. The van der Waals surface area contributed by atoms with Crippen LogP contribution in [0.4, 0.5) is 0 Å². The molecule has 0 aromatic heterocycles. The smallest absolute Gasteiger partial charge is 0.220 e. The zero-order valence-electron chi connectivity index (χ0n) is 52.4. The minimum Gasteiger partial charge on any atom is -0.394 e. The highest BCUT2D eigenvalue weighted by molar-refractivity contribution is 5.76. The minimum atomic E-state index is -1.79. The Morgan fingerprint density at radius 1 is 0.440 bits per heavy atom. The maximum absolute atomic E-state index is 13.3. The monoisotopic (exact) mass is 1180 g/mol. The fourth-order valence-electron chi connectivity index (χ4n) is 10.5. The van der Waals surface area contributed by atoms with Crippen molar-refractivity contribution >= 4 is 5.91 Å². The van der Waals surface area contributed by atoms with Gasteiger partial charge in [-0.1, -0.05) is 259 Å². The van der Waals surface area contributed by atoms with E-state index in [4.69, 9.17) is 18.9 Å². The van der Waals surface area contributed by atoms with Crippen LogP contribution in [0.5, 0.6) is 0 Å². The highest BCUT2D eigenvalue weighted by atomic mass is 16.7. The second-order valence-corrected chi connectivity index (χ2v) is 23.2. The number of nitrogens with one attached hydrogen (secondary N) is 1. The van der Waals surface area contributed by atoms with Crippen LogP contribution in [0.15, 0.2) is 97.2 Å². The van der Waals surface area contributed by atoms with Gasteiger partial charge in [0.15, 0.2) is 12.6 Å². The summed E-state index contributed by atoms with van der Waals surface area (Å²) in [6.07, 6.45) is 58.5. The van der Waals surface area contributed by atoms with Crippen molar-refractivity contribution in [3.8, 4) is 0 Å². The molecular formula is C70H121NO13. The van der Waals surface area contributed by atoms with E-state index in [9.17, 15) is 45.6 Å². The quantitative estimate of drug-likeness (QED) is 0.0204. The number of ether oxygens (including phenoxy) is 4. The molecule has 12 unspecified atom stereocenters. The third-order valence-electron chi connectivity index (χ3n) is 15.8. The molecule has 1 amide bonds. The molecule has 0 radical (unpaired) electrons. The lowest BCUT2D eigenvalue weighted by Gasteiger charge is -2.46. The van der Waals surface area contributed by atoms with Crippen molar-refractivity contribution in [3.05, 3.63) is 97.2 Å². The predicted octanol–water partition coefficient (Wildman–Crippen LogP) is 13.0. The lowest BCUT2D eigenvalue weighted by Crippen LogP contribution is -2.65. The summed E-state index contributed by atoms with van der Waals surface area (Å²) in [4.78, 5) is 13.3. The van der Waals surface area contributed by atoms with E-state index >= 15 is 0 Å². The molecule has 14 nitrogen and oxygen atoms in total. The molecule has 0 spiro atoms. The van der Waals surface area contributed by atoms with Gasteiger partial charge < -0.3 is 65.1 Å². The van der Waals surface area contributed by atoms with Gasteiger partial charge >= 0.3 is 0 Å². The molecule has 9 N–H and O–H groups in total. The Balaban J connectivity index is 1.61. The van der Waals surface area contributed by atoms with Crippen LogP contribution in [-0.4, -0.2) is 140 Å². The summed E-state index contributed by atoms with van der Waals surface area (Å²) < 4.78 is 22.8. The van der Waals surface area contributed by atoms with Crippen LogP contribution < -0.4 is 5.32 Å². The van der Waals surface area contributed by atoms with E-state index in [1.807, 2.05) is 0 Å². The van der Waals surface area contributed by atoms with Gasteiger partial charge in [-0.15, -0.1) is 0 Å². The van der Waals surface area contributed by atoms with Crippen LogP contribution in [0, 0.1) is 0 Å². The van der Waals surface area contributed by atoms with Gasteiger partial charge in [0.1, 0.15) is 48.8 Å². The first kappa shape index (κ1) is 77.0. The number of amides is 1. The van der Waals surface area contributed by atoms with Gasteiger partial charge in [-0.2, -0.15) is 0 Å². The molecule has 0 aromatic rings. The van der Waals surface area contributed by atoms with E-state index in [1.165, 1.54) is 109 Å². The van der Waals surface area contributed by atoms with Gasteiger partial charge in [0.2, 0.25) is 5.91 Å². The molecular weight excluding hydrogens is 1060 g/mol. The molecule has 2 heterocycles. The van der Waals surface area contributed by atoms with E-state index < -0.39 is 86.8 Å². The number of rotatable bonds is 53. The second kappa shape index (κ2) is 54.1. The first-order valence-corrected chi connectivity index (χ1v) is 33.5. The summed E-state index contributed by atoms with van der Waals surface area (Å²) in [7, 11) is 0. The van der Waals surface area contributed by atoms with Gasteiger partial charge in [0.05, 0.1) is 32.0 Å². The lowest BCUT2D eigenvalue weighted by molar-refractivity contribution is -0.359. The molecule has 12 atom stereocenters. The van der Waals surface area contributed by atoms with Crippen molar-refractivity contribution in [2.75, 3.05) is 19.8 Å². The van der Waals surface area contributed by atoms with Gasteiger partial charge in [-0.05, 0) is 77.0 Å². The Labute approximate surface area is 509 Å². The van der Waals surface area contributed by atoms with Crippen LogP contribution in [0.1, 0.15) is 245 Å². The number of carbonyl (C=O) groups is 1. The molecule has 2 fully saturated rings. The Morgan fingerprint density at radius 3 is 1.26 bits per heavy atom. The van der Waals surface area contributed by atoms with Crippen molar-refractivity contribution in [2.45, 2.75) is 319 Å². The number of aliphatic hydroxyl groups excluding tert-OH is 8. The minimum absolute atomic E-state index is 0.212. The second-order valence-electron chi connectivity index (χ2n) is 23.2. The molecule has 2 rings (SSSR count). The van der Waals surface area contributed by atoms with E-state index in [2.05, 4.69) is 116 Å². The zero-order valence-corrected chi connectivity index (χ0v) is 52.4. The molecule has 484 valence electrons. The van der Waals surface area contributed by atoms with Gasteiger partial charge in [0.25, 0.3) is 0 Å². The van der Waals surface area contributed by atoms with Gasteiger partial charge in [0, 0.05) is 6.42 Å². The maximum Gasteiger partial charge on any atom is 0.220 e. The van der Waals surface area contributed by atoms with Crippen LogP contribution in [-0.2, 0) is 23.7 Å². The van der Waals surface area contributed by atoms with Gasteiger partial charge in [-0.3, -0.25) is 4.79 Å². The SMILES string of the molecule is CC/C=C\C/C=C\C/C=C\C/C=C\C/C=C\C/C=C\C/C=C\C/C=C\CCCCCCCCCCCCCCC(=O)NC(COC1OC(CO)C(OC2OC(CO)C(O)C(O)C2O)C(O)C1O)C(O)CCCCCCCCCCCCCCC. The van der Waals surface area contributed by atoms with E-state index in [-0.39, 0.29) is 12.5 Å². The first-order valence-electron chi connectivity index (χ1n) is 33.5. The molecule has 84 heavy (non-hydrogen) atoms. The topological polar surface area (TPSA) is 228 Å². The van der Waals surface area contributed by atoms with Crippen LogP contribution in [0.25, 0.3) is 0 Å². The van der Waals surface area contributed by atoms with Crippen molar-refractivity contribution in [1.82, 2.24) is 5.32 Å². The first-order chi connectivity index (χ1) is 41.1. The summed E-state index contributed by atoms with van der Waals surface area (Å²) in [6.45, 7) is 2.74. The van der Waals surface area contributed by atoms with Crippen molar-refractivity contribution in [2.24, 2.45) is 0 Å². The summed E-state index contributed by atoms with van der Waals surface area (Å²) in [5.41, 5.74) is 0. The van der Waals surface area contributed by atoms with E-state index in [0.29, 0.717) is 12.8 Å². The Morgan fingerprint density at radius 2 is 0.821 bits per heavy atom. The third-order valence-corrected chi connectivity index (χ3v) is 15.8. The van der Waals surface area contributed by atoms with Crippen LogP contribution >= 0.6 is 0 Å². The van der Waals surface area contributed by atoms with Crippen LogP contribution in [0.3, 0.4) is 0 Å². The molecule has 0 aromatic carbocycles. The molecule has 0 saturated carbocycles. The number of unbranched alkanes of at least 4 members (excludes halogenated alkanes) is 24. The average molecular weight is 1180 g/mol. The predicted molar refractivity (Wildman–Crippen MR) is 341 cm³/mol. The summed E-state index contributed by atoms with van der Waals surface area (Å²) in [5.74, 6) is -0.212. The maximum atomic E-state index is 13.3. The highest BCUT2D eigenvalue weighted by Crippen LogP contribution is 2.30. The van der Waals surface area contributed by atoms with Gasteiger partial charge in [-0.25, -0.2) is 0 Å². The van der Waals surface area contributed by atoms with Crippen molar-refractivity contribution in [3.63, 3.8) is 0 Å². The number of hydrogen-bond donors (Lipinski definition) is 9. The highest BCUT2D eigenvalue weighted by Gasteiger charge is 2.51. The summed E-state index contributed by atoms with van der Waals surface area (Å²) >= 11 is 0. The molecule has 2 aliphatic heterocycles. The van der Waals surface area contributed by atoms with E-state index in [1.54, 1.807) is 0 Å². The normalized spacial score (nSPS) is 24.3. The van der Waals surface area contributed by atoms with Crippen molar-refractivity contribution in [1.29, 1.82) is 0 Å². The lowest BCUT2D eigenvalue weighted by atomic mass is 9.97. The number of allylic oxidation sites excluding steroid dienone is 16. The standard InChI is InChI=1S/C70H121NO13/c1-3-5-7-9-11-13-15-17-18-19-20-21-22-23-24-25-26-27-28-29-30-31-32-33-34-35-36-37-38-39-40-42-44-46-48-50-52-54-62(75)71-58(59(74)53-51-49-47-45-43-41-16-14-12-10-8-6-4-2)57-81-69-67(80)65(78)68(61(56-73)83-69)84-70-66(79)64(77)63(76)60(55-72)82-70/h5,7,11,13,17-18,20-21,23-24,26-27,29-30,32-33,58-61,63-70,72-74,76-80H,3-4,6,8-10,12,14-16,19,22,25,28,31,34-57H2,1-2H3,(H,71,75)/b7-5-,13-11-,18-17-,21-20-,24-23-,27-26-,30-29-,33-32-.